The monoisotopic (exact) mass is 497 g/mol. The summed E-state index contributed by atoms with van der Waals surface area (Å²) in [6.45, 7) is 7.86. The van der Waals surface area contributed by atoms with Crippen molar-refractivity contribution in [2.75, 3.05) is 37.3 Å². The van der Waals surface area contributed by atoms with Crippen LogP contribution in [0.25, 0.3) is 10.4 Å². The van der Waals surface area contributed by atoms with Crippen LogP contribution in [0, 0.1) is 6.92 Å². The van der Waals surface area contributed by atoms with Gasteiger partial charge in [0.25, 0.3) is 0 Å². The van der Waals surface area contributed by atoms with E-state index in [2.05, 4.69) is 30.9 Å². The van der Waals surface area contributed by atoms with Crippen LogP contribution < -0.4 is 16.0 Å². The van der Waals surface area contributed by atoms with E-state index in [-0.39, 0.29) is 12.5 Å². The number of aryl methyl sites for hydroxylation is 1. The lowest BCUT2D eigenvalue weighted by Crippen LogP contribution is -2.42. The van der Waals surface area contributed by atoms with E-state index in [1.54, 1.807) is 26.8 Å². The number of thiazole rings is 1. The maximum absolute atomic E-state index is 12.1. The van der Waals surface area contributed by atoms with Gasteiger partial charge in [0.1, 0.15) is 29.6 Å². The molecule has 3 aromatic rings. The summed E-state index contributed by atoms with van der Waals surface area (Å²) >= 11 is 1.54. The first-order valence-electron chi connectivity index (χ1n) is 11.2. The molecule has 0 aliphatic heterocycles. The summed E-state index contributed by atoms with van der Waals surface area (Å²) in [6, 6.07) is 11.8. The Bertz CT molecular complexity index is 1150. The molecule has 0 fully saturated rings. The number of carbonyl (C=O) groups excluding carboxylic acids is 2. The average Bonchev–Trinajstić information content (AvgIpc) is 3.24. The number of hydrogen-bond donors (Lipinski definition) is 3. The van der Waals surface area contributed by atoms with Crippen molar-refractivity contribution in [3.63, 3.8) is 0 Å². The lowest BCUT2D eigenvalue weighted by molar-refractivity contribution is -0.121. The second kappa shape index (κ2) is 11.6. The Morgan fingerprint density at radius 1 is 1.09 bits per heavy atom. The van der Waals surface area contributed by atoms with E-state index in [0.717, 1.165) is 15.6 Å². The Labute approximate surface area is 209 Å². The van der Waals surface area contributed by atoms with Gasteiger partial charge in [0.2, 0.25) is 5.91 Å². The smallest absolute Gasteiger partial charge is 0.410 e. The summed E-state index contributed by atoms with van der Waals surface area (Å²) in [7, 11) is 1.52. The van der Waals surface area contributed by atoms with Gasteiger partial charge in [0.05, 0.1) is 4.88 Å². The van der Waals surface area contributed by atoms with Crippen molar-refractivity contribution >= 4 is 40.1 Å². The highest BCUT2D eigenvalue weighted by Gasteiger charge is 2.21. The molecule has 0 saturated heterocycles. The standard InChI is InChI=1S/C24H31N7O3S/c1-16-28-19(25-11-12-26-21(32)15-31(5)23(33)34-24(2,3)4)13-20(29-16)30-22-27-14-18(35-22)17-9-7-6-8-10-17/h6-10,13-14H,11-12,15H2,1-5H3,(H,26,32)(H2,25,27,28,29,30). The highest BCUT2D eigenvalue weighted by atomic mass is 32.1. The van der Waals surface area contributed by atoms with E-state index in [4.69, 9.17) is 4.74 Å². The van der Waals surface area contributed by atoms with Gasteiger partial charge in [0, 0.05) is 32.4 Å². The van der Waals surface area contributed by atoms with Crippen LogP contribution in [0.5, 0.6) is 0 Å². The summed E-state index contributed by atoms with van der Waals surface area (Å²) in [5.74, 6) is 1.57. The van der Waals surface area contributed by atoms with E-state index in [0.29, 0.717) is 30.5 Å². The van der Waals surface area contributed by atoms with E-state index in [1.165, 1.54) is 23.3 Å². The molecule has 3 rings (SSSR count). The minimum Gasteiger partial charge on any atom is -0.444 e. The number of rotatable bonds is 9. The predicted octanol–water partition coefficient (Wildman–Crippen LogP) is 4.05. The van der Waals surface area contributed by atoms with Gasteiger partial charge in [-0.1, -0.05) is 41.7 Å². The number of likely N-dealkylation sites (N-methyl/N-ethyl adjacent to an activating group) is 1. The quantitative estimate of drug-likeness (QED) is 0.379. The number of carbonyl (C=O) groups is 2. The zero-order chi connectivity index (χ0) is 25.4. The summed E-state index contributed by atoms with van der Waals surface area (Å²) < 4.78 is 5.24. The lowest BCUT2D eigenvalue weighted by Gasteiger charge is -2.24. The van der Waals surface area contributed by atoms with E-state index >= 15 is 0 Å². The molecule has 3 N–H and O–H groups in total. The molecule has 10 nitrogen and oxygen atoms in total. The third kappa shape index (κ3) is 8.53. The molecule has 0 spiro atoms. The second-order valence-electron chi connectivity index (χ2n) is 8.82. The second-order valence-corrected chi connectivity index (χ2v) is 9.85. The first-order chi connectivity index (χ1) is 16.6. The van der Waals surface area contributed by atoms with Crippen molar-refractivity contribution < 1.29 is 14.3 Å². The molecule has 0 radical (unpaired) electrons. The number of amides is 2. The fourth-order valence-corrected chi connectivity index (χ4v) is 3.80. The third-order valence-corrected chi connectivity index (χ3v) is 5.44. The number of ether oxygens (including phenoxy) is 1. The van der Waals surface area contributed by atoms with Gasteiger partial charge in [-0.2, -0.15) is 0 Å². The molecule has 0 atom stereocenters. The molecule has 11 heteroatoms. The van der Waals surface area contributed by atoms with Crippen LogP contribution in [-0.2, 0) is 9.53 Å². The van der Waals surface area contributed by atoms with Crippen LogP contribution in [0.4, 0.5) is 21.6 Å². The van der Waals surface area contributed by atoms with Crippen molar-refractivity contribution in [3.05, 3.63) is 48.4 Å². The van der Waals surface area contributed by atoms with Crippen molar-refractivity contribution in [2.24, 2.45) is 0 Å². The molecular weight excluding hydrogens is 466 g/mol. The number of anilines is 3. The highest BCUT2D eigenvalue weighted by Crippen LogP contribution is 2.30. The van der Waals surface area contributed by atoms with E-state index in [9.17, 15) is 9.59 Å². The minimum absolute atomic E-state index is 0.0889. The zero-order valence-corrected chi connectivity index (χ0v) is 21.4. The molecule has 0 unspecified atom stereocenters. The van der Waals surface area contributed by atoms with Crippen molar-refractivity contribution in [3.8, 4) is 10.4 Å². The number of hydrogen-bond acceptors (Lipinski definition) is 9. The van der Waals surface area contributed by atoms with Crippen LogP contribution in [0.3, 0.4) is 0 Å². The van der Waals surface area contributed by atoms with Gasteiger partial charge in [-0.05, 0) is 33.3 Å². The summed E-state index contributed by atoms with van der Waals surface area (Å²) in [5.41, 5.74) is 0.498. The third-order valence-electron chi connectivity index (χ3n) is 4.48. The van der Waals surface area contributed by atoms with Crippen LogP contribution in [0.15, 0.2) is 42.6 Å². The molecule has 2 heterocycles. The van der Waals surface area contributed by atoms with Crippen LogP contribution in [0.1, 0.15) is 26.6 Å². The van der Waals surface area contributed by atoms with Crippen LogP contribution in [-0.4, -0.2) is 64.1 Å². The summed E-state index contributed by atoms with van der Waals surface area (Å²) in [4.78, 5) is 39.6. The molecule has 0 aliphatic carbocycles. The maximum Gasteiger partial charge on any atom is 0.410 e. The molecule has 0 bridgehead atoms. The van der Waals surface area contributed by atoms with Gasteiger partial charge in [-0.3, -0.25) is 4.79 Å². The molecule has 186 valence electrons. The molecule has 2 amide bonds. The Morgan fingerprint density at radius 2 is 1.80 bits per heavy atom. The van der Waals surface area contributed by atoms with Gasteiger partial charge < -0.3 is 25.6 Å². The lowest BCUT2D eigenvalue weighted by atomic mass is 10.2. The normalized spacial score (nSPS) is 11.0. The van der Waals surface area contributed by atoms with Gasteiger partial charge in [0.15, 0.2) is 5.13 Å². The minimum atomic E-state index is -0.612. The Kier molecular flexibility index (Phi) is 8.58. The van der Waals surface area contributed by atoms with E-state index < -0.39 is 11.7 Å². The van der Waals surface area contributed by atoms with Crippen molar-refractivity contribution in [2.45, 2.75) is 33.3 Å². The van der Waals surface area contributed by atoms with Crippen molar-refractivity contribution in [1.82, 2.24) is 25.2 Å². The number of nitrogens with zero attached hydrogens (tertiary/aromatic N) is 4. The topological polar surface area (TPSA) is 121 Å². The Morgan fingerprint density at radius 3 is 2.51 bits per heavy atom. The zero-order valence-electron chi connectivity index (χ0n) is 20.6. The predicted molar refractivity (Wildman–Crippen MR) is 138 cm³/mol. The summed E-state index contributed by atoms with van der Waals surface area (Å²) in [5, 5.41) is 9.91. The fourth-order valence-electron chi connectivity index (χ4n) is 2.97. The Hall–Kier alpha value is -3.73. The SMILES string of the molecule is Cc1nc(NCCNC(=O)CN(C)C(=O)OC(C)(C)C)cc(Nc2ncc(-c3ccccc3)s2)n1. The Balaban J connectivity index is 1.47. The van der Waals surface area contributed by atoms with Gasteiger partial charge in [-0.25, -0.2) is 19.7 Å². The highest BCUT2D eigenvalue weighted by molar-refractivity contribution is 7.18. The molecular formula is C24H31N7O3S. The van der Waals surface area contributed by atoms with Gasteiger partial charge in [-0.15, -0.1) is 0 Å². The average molecular weight is 498 g/mol. The van der Waals surface area contributed by atoms with Crippen LogP contribution >= 0.6 is 11.3 Å². The molecule has 35 heavy (non-hydrogen) atoms. The molecule has 2 aromatic heterocycles. The van der Waals surface area contributed by atoms with Crippen molar-refractivity contribution in [1.29, 1.82) is 0 Å². The number of aromatic nitrogens is 3. The first-order valence-corrected chi connectivity index (χ1v) is 12.0. The molecule has 0 saturated carbocycles. The summed E-state index contributed by atoms with van der Waals surface area (Å²) in [6.07, 6.45) is 1.29. The maximum atomic E-state index is 12.1. The van der Waals surface area contributed by atoms with Gasteiger partial charge >= 0.3 is 6.09 Å². The van der Waals surface area contributed by atoms with Crippen LogP contribution in [0.2, 0.25) is 0 Å². The number of benzene rings is 1. The fraction of sp³-hybridized carbons (Fsp3) is 0.375. The van der Waals surface area contributed by atoms with E-state index in [1.807, 2.05) is 43.5 Å². The number of nitrogens with one attached hydrogen (secondary N) is 3. The molecule has 0 aliphatic rings. The first kappa shape index (κ1) is 25.9. The molecule has 1 aromatic carbocycles. The largest absolute Gasteiger partial charge is 0.444 e.